The lowest BCUT2D eigenvalue weighted by Gasteiger charge is -2.40. The largest absolute Gasteiger partial charge is 0.497 e. The van der Waals surface area contributed by atoms with E-state index >= 15 is 0 Å². The minimum atomic E-state index is -0.0306. The molecular weight excluding hydrogens is 546 g/mol. The van der Waals surface area contributed by atoms with Gasteiger partial charge in [0.25, 0.3) is 5.91 Å². The van der Waals surface area contributed by atoms with Crippen LogP contribution in [0.2, 0.25) is 0 Å². The lowest BCUT2D eigenvalue weighted by molar-refractivity contribution is -0.133. The Labute approximate surface area is 251 Å². The average molecular weight is 584 g/mol. The molecule has 0 spiro atoms. The molecule has 218 valence electrons. The van der Waals surface area contributed by atoms with E-state index in [1.807, 2.05) is 90.4 Å². The number of hydrogen-bond acceptors (Lipinski definition) is 6. The van der Waals surface area contributed by atoms with E-state index in [-0.39, 0.29) is 17.9 Å². The van der Waals surface area contributed by atoms with Crippen LogP contribution >= 0.6 is 11.8 Å². The molecule has 2 amide bonds. The number of aromatic nitrogens is 3. The highest BCUT2D eigenvalue weighted by Crippen LogP contribution is 2.26. The maximum atomic E-state index is 13.1. The second kappa shape index (κ2) is 13.7. The van der Waals surface area contributed by atoms with Gasteiger partial charge in [0.2, 0.25) is 5.91 Å². The molecule has 1 aliphatic rings. The molecule has 0 N–H and O–H groups in total. The maximum Gasteiger partial charge on any atom is 0.254 e. The van der Waals surface area contributed by atoms with Crippen LogP contribution in [0.4, 0.5) is 0 Å². The zero-order valence-electron chi connectivity index (χ0n) is 24.4. The average Bonchev–Trinajstić information content (AvgIpc) is 3.41. The number of nitrogens with zero attached hydrogens (tertiary/aromatic N) is 5. The highest BCUT2D eigenvalue weighted by molar-refractivity contribution is 7.99. The first kappa shape index (κ1) is 29.4. The molecule has 1 atom stereocenters. The summed E-state index contributed by atoms with van der Waals surface area (Å²) in [4.78, 5) is 29.8. The van der Waals surface area contributed by atoms with Crippen molar-refractivity contribution in [2.24, 2.45) is 0 Å². The van der Waals surface area contributed by atoms with Crippen LogP contribution in [0.15, 0.2) is 84.0 Å². The van der Waals surface area contributed by atoms with Crippen molar-refractivity contribution < 1.29 is 14.3 Å². The Morgan fingerprint density at radius 2 is 1.69 bits per heavy atom. The predicted molar refractivity (Wildman–Crippen MR) is 165 cm³/mol. The third-order valence-electron chi connectivity index (χ3n) is 7.54. The van der Waals surface area contributed by atoms with Gasteiger partial charge >= 0.3 is 0 Å². The van der Waals surface area contributed by atoms with Crippen molar-refractivity contribution in [2.75, 3.05) is 32.5 Å². The van der Waals surface area contributed by atoms with E-state index in [1.165, 1.54) is 0 Å². The molecular formula is C33H37N5O3S. The van der Waals surface area contributed by atoms with Crippen LogP contribution in [0.25, 0.3) is 5.69 Å². The third-order valence-corrected chi connectivity index (χ3v) is 8.56. The van der Waals surface area contributed by atoms with Gasteiger partial charge in [-0.15, -0.1) is 10.2 Å². The van der Waals surface area contributed by atoms with E-state index in [9.17, 15) is 9.59 Å². The second-order valence-electron chi connectivity index (χ2n) is 10.6. The first-order valence-corrected chi connectivity index (χ1v) is 15.3. The van der Waals surface area contributed by atoms with Crippen LogP contribution in [-0.4, -0.2) is 74.9 Å². The third kappa shape index (κ3) is 7.02. The van der Waals surface area contributed by atoms with E-state index in [0.717, 1.165) is 45.7 Å². The van der Waals surface area contributed by atoms with Crippen molar-refractivity contribution in [1.29, 1.82) is 0 Å². The van der Waals surface area contributed by atoms with Crippen LogP contribution in [-0.2, 0) is 11.2 Å². The number of aryl methyl sites for hydroxylation is 1. The number of thioether (sulfide) groups is 1. The van der Waals surface area contributed by atoms with Crippen LogP contribution < -0.4 is 4.74 Å². The van der Waals surface area contributed by atoms with Crippen LogP contribution in [0.1, 0.15) is 47.1 Å². The minimum Gasteiger partial charge on any atom is -0.497 e. The van der Waals surface area contributed by atoms with Gasteiger partial charge in [0.1, 0.15) is 11.6 Å². The van der Waals surface area contributed by atoms with Gasteiger partial charge in [-0.3, -0.25) is 14.2 Å². The van der Waals surface area contributed by atoms with Gasteiger partial charge in [-0.25, -0.2) is 0 Å². The summed E-state index contributed by atoms with van der Waals surface area (Å²) in [5, 5.41) is 9.84. The Kier molecular flexibility index (Phi) is 9.59. The van der Waals surface area contributed by atoms with Crippen molar-refractivity contribution in [1.82, 2.24) is 24.6 Å². The molecule has 0 saturated carbocycles. The second-order valence-corrected chi connectivity index (χ2v) is 11.7. The molecule has 1 saturated heterocycles. The van der Waals surface area contributed by atoms with E-state index in [4.69, 9.17) is 4.74 Å². The standard InChI is InChI=1S/C33H37N5O3S/c1-24-11-13-27(14-12-24)32(40)37-20-19-36(23-25(37)2)31(39)10-7-21-42-33-35-34-30(22-26-8-5-4-6-9-26)38(33)28-15-17-29(41-3)18-16-28/h4-6,8-9,11-18,25H,7,10,19-23H2,1-3H3. The van der Waals surface area contributed by atoms with E-state index < -0.39 is 0 Å². The Morgan fingerprint density at radius 3 is 2.38 bits per heavy atom. The van der Waals surface area contributed by atoms with Crippen LogP contribution in [0.5, 0.6) is 5.75 Å². The molecule has 0 aliphatic carbocycles. The zero-order chi connectivity index (χ0) is 29.5. The summed E-state index contributed by atoms with van der Waals surface area (Å²) in [5.41, 5.74) is 3.95. The van der Waals surface area contributed by atoms with Gasteiger partial charge in [0.15, 0.2) is 5.16 Å². The molecule has 9 heteroatoms. The number of carbonyl (C=O) groups excluding carboxylic acids is 2. The molecule has 5 rings (SSSR count). The number of carbonyl (C=O) groups is 2. The molecule has 8 nitrogen and oxygen atoms in total. The lowest BCUT2D eigenvalue weighted by Crippen LogP contribution is -2.55. The van der Waals surface area contributed by atoms with E-state index in [1.54, 1.807) is 18.9 Å². The van der Waals surface area contributed by atoms with Gasteiger partial charge < -0.3 is 14.5 Å². The highest BCUT2D eigenvalue weighted by Gasteiger charge is 2.30. The highest BCUT2D eigenvalue weighted by atomic mass is 32.2. The molecule has 1 aromatic heterocycles. The number of piperazine rings is 1. The summed E-state index contributed by atoms with van der Waals surface area (Å²) in [7, 11) is 1.66. The zero-order valence-corrected chi connectivity index (χ0v) is 25.2. The molecule has 0 bridgehead atoms. The van der Waals surface area contributed by atoms with Crippen LogP contribution in [0.3, 0.4) is 0 Å². The topological polar surface area (TPSA) is 80.6 Å². The monoisotopic (exact) mass is 583 g/mol. The Bertz CT molecular complexity index is 1490. The predicted octanol–water partition coefficient (Wildman–Crippen LogP) is 5.42. The summed E-state index contributed by atoms with van der Waals surface area (Å²) >= 11 is 1.61. The molecule has 4 aromatic rings. The number of ether oxygens (including phenoxy) is 1. The SMILES string of the molecule is COc1ccc(-n2c(Cc3ccccc3)nnc2SCCCC(=O)N2CCN(C(=O)c3ccc(C)cc3)C(C)C2)cc1. The van der Waals surface area contributed by atoms with Gasteiger partial charge in [-0.1, -0.05) is 59.8 Å². The summed E-state index contributed by atoms with van der Waals surface area (Å²) in [6.45, 7) is 5.68. The summed E-state index contributed by atoms with van der Waals surface area (Å²) in [6, 6.07) is 25.8. The molecule has 2 heterocycles. The van der Waals surface area contributed by atoms with Crippen molar-refractivity contribution in [3.8, 4) is 11.4 Å². The fourth-order valence-electron chi connectivity index (χ4n) is 5.17. The number of benzene rings is 3. The minimum absolute atomic E-state index is 0.0265. The maximum absolute atomic E-state index is 13.1. The molecule has 1 aliphatic heterocycles. The van der Waals surface area contributed by atoms with Gasteiger partial charge in [0, 0.05) is 55.5 Å². The number of methoxy groups -OCH3 is 1. The van der Waals surface area contributed by atoms with Crippen molar-refractivity contribution in [3.63, 3.8) is 0 Å². The first-order chi connectivity index (χ1) is 20.4. The molecule has 42 heavy (non-hydrogen) atoms. The Balaban J connectivity index is 1.17. The number of amides is 2. The summed E-state index contributed by atoms with van der Waals surface area (Å²) < 4.78 is 7.43. The molecule has 1 fully saturated rings. The van der Waals surface area contributed by atoms with Crippen molar-refractivity contribution >= 4 is 23.6 Å². The van der Waals surface area contributed by atoms with Gasteiger partial charge in [0.05, 0.1) is 7.11 Å². The van der Waals surface area contributed by atoms with E-state index in [2.05, 4.69) is 26.9 Å². The number of hydrogen-bond donors (Lipinski definition) is 0. The smallest absolute Gasteiger partial charge is 0.254 e. The Hall–Kier alpha value is -4.11. The quantitative estimate of drug-likeness (QED) is 0.183. The van der Waals surface area contributed by atoms with E-state index in [0.29, 0.717) is 38.0 Å². The van der Waals surface area contributed by atoms with Crippen LogP contribution in [0, 0.1) is 6.92 Å². The summed E-state index contributed by atoms with van der Waals surface area (Å²) in [6.07, 6.45) is 1.85. The van der Waals surface area contributed by atoms with Crippen molar-refractivity contribution in [2.45, 2.75) is 44.3 Å². The van der Waals surface area contributed by atoms with Crippen molar-refractivity contribution in [3.05, 3.63) is 101 Å². The fraction of sp³-hybridized carbons (Fsp3) is 0.333. The fourth-order valence-corrected chi connectivity index (χ4v) is 6.08. The molecule has 3 aromatic carbocycles. The summed E-state index contributed by atoms with van der Waals surface area (Å²) in [5.74, 6) is 2.55. The normalized spacial score (nSPS) is 15.1. The lowest BCUT2D eigenvalue weighted by atomic mass is 10.1. The molecule has 0 radical (unpaired) electrons. The van der Waals surface area contributed by atoms with Gasteiger partial charge in [-0.05, 0) is 62.2 Å². The molecule has 1 unspecified atom stereocenters. The first-order valence-electron chi connectivity index (χ1n) is 14.3. The Morgan fingerprint density at radius 1 is 0.952 bits per heavy atom. The number of rotatable bonds is 10. The van der Waals surface area contributed by atoms with Gasteiger partial charge in [-0.2, -0.15) is 0 Å².